The number of hydrogen-bond donors (Lipinski definition) is 1. The molecule has 0 spiro atoms. The Bertz CT molecular complexity index is 754. The first-order valence-corrected chi connectivity index (χ1v) is 7.71. The third-order valence-corrected chi connectivity index (χ3v) is 3.69. The standard InChI is InChI=1S/C17H18ClN3O3/c1-12-14(8-9-16(23)24-11-15(22)19-2)17(18)21(20-12)10-13-6-4-3-5-7-13/h3-9H,10-11H2,1-2H3,(H,19,22). The van der Waals surface area contributed by atoms with E-state index in [0.717, 1.165) is 5.56 Å². The number of carbonyl (C=O) groups excluding carboxylic acids is 2. The van der Waals surface area contributed by atoms with E-state index in [0.29, 0.717) is 23.0 Å². The first kappa shape index (κ1) is 17.7. The number of amides is 1. The van der Waals surface area contributed by atoms with Crippen molar-refractivity contribution in [3.63, 3.8) is 0 Å². The Morgan fingerprint density at radius 3 is 2.71 bits per heavy atom. The molecule has 6 nitrogen and oxygen atoms in total. The molecular formula is C17H18ClN3O3. The van der Waals surface area contributed by atoms with E-state index in [1.54, 1.807) is 10.8 Å². The van der Waals surface area contributed by atoms with Gasteiger partial charge in [-0.2, -0.15) is 5.10 Å². The number of hydrogen-bond acceptors (Lipinski definition) is 4. The summed E-state index contributed by atoms with van der Waals surface area (Å²) in [5.41, 5.74) is 2.41. The monoisotopic (exact) mass is 347 g/mol. The van der Waals surface area contributed by atoms with E-state index < -0.39 is 5.97 Å². The molecule has 0 aliphatic rings. The van der Waals surface area contributed by atoms with Gasteiger partial charge in [-0.25, -0.2) is 9.48 Å². The molecule has 0 bridgehead atoms. The molecule has 1 heterocycles. The summed E-state index contributed by atoms with van der Waals surface area (Å²) in [5.74, 6) is -0.994. The second-order valence-corrected chi connectivity index (χ2v) is 5.41. The van der Waals surface area contributed by atoms with E-state index in [2.05, 4.69) is 10.4 Å². The molecule has 1 N–H and O–H groups in total. The van der Waals surface area contributed by atoms with Crippen LogP contribution >= 0.6 is 11.6 Å². The third-order valence-electron chi connectivity index (χ3n) is 3.29. The number of likely N-dealkylation sites (N-methyl/N-ethyl adjacent to an activating group) is 1. The Hall–Kier alpha value is -2.60. The normalized spacial score (nSPS) is 10.8. The van der Waals surface area contributed by atoms with Crippen molar-refractivity contribution >= 4 is 29.6 Å². The fourth-order valence-corrected chi connectivity index (χ4v) is 2.32. The van der Waals surface area contributed by atoms with Crippen molar-refractivity contribution < 1.29 is 14.3 Å². The Balaban J connectivity index is 2.07. The van der Waals surface area contributed by atoms with Gasteiger partial charge in [-0.1, -0.05) is 41.9 Å². The van der Waals surface area contributed by atoms with Crippen LogP contribution in [0.3, 0.4) is 0 Å². The second-order valence-electron chi connectivity index (χ2n) is 5.05. The van der Waals surface area contributed by atoms with Gasteiger partial charge in [0, 0.05) is 18.7 Å². The number of halogens is 1. The van der Waals surface area contributed by atoms with Gasteiger partial charge in [0.25, 0.3) is 5.91 Å². The predicted octanol–water partition coefficient (Wildman–Crippen LogP) is 2.20. The van der Waals surface area contributed by atoms with Crippen LogP contribution in [0.5, 0.6) is 0 Å². The molecule has 2 rings (SSSR count). The highest BCUT2D eigenvalue weighted by molar-refractivity contribution is 6.31. The number of rotatable bonds is 6. The average molecular weight is 348 g/mol. The smallest absolute Gasteiger partial charge is 0.331 e. The molecule has 2 aromatic rings. The minimum absolute atomic E-state index is 0.320. The molecule has 0 atom stereocenters. The Morgan fingerprint density at radius 2 is 2.04 bits per heavy atom. The van der Waals surface area contributed by atoms with Crippen LogP contribution in [0.4, 0.5) is 0 Å². The predicted molar refractivity (Wildman–Crippen MR) is 91.6 cm³/mol. The van der Waals surface area contributed by atoms with Gasteiger partial charge >= 0.3 is 5.97 Å². The summed E-state index contributed by atoms with van der Waals surface area (Å²) in [6.45, 7) is 2.03. The van der Waals surface area contributed by atoms with Crippen LogP contribution in [0, 0.1) is 6.92 Å². The lowest BCUT2D eigenvalue weighted by Crippen LogP contribution is -2.24. The van der Waals surface area contributed by atoms with Crippen molar-refractivity contribution in [3.05, 3.63) is 58.4 Å². The van der Waals surface area contributed by atoms with Crippen molar-refractivity contribution in [2.45, 2.75) is 13.5 Å². The van der Waals surface area contributed by atoms with E-state index in [-0.39, 0.29) is 12.5 Å². The molecule has 0 unspecified atom stereocenters. The number of esters is 1. The zero-order valence-corrected chi connectivity index (χ0v) is 14.2. The summed E-state index contributed by atoms with van der Waals surface area (Å²) in [6.07, 6.45) is 2.77. The van der Waals surface area contributed by atoms with E-state index in [9.17, 15) is 9.59 Å². The molecule has 1 amide bonds. The lowest BCUT2D eigenvalue weighted by atomic mass is 10.2. The van der Waals surface area contributed by atoms with Crippen molar-refractivity contribution in [2.75, 3.05) is 13.7 Å². The van der Waals surface area contributed by atoms with Gasteiger partial charge in [-0.3, -0.25) is 4.79 Å². The fraction of sp³-hybridized carbons (Fsp3) is 0.235. The summed E-state index contributed by atoms with van der Waals surface area (Å²) in [7, 11) is 1.47. The summed E-state index contributed by atoms with van der Waals surface area (Å²) in [5, 5.41) is 7.19. The minimum Gasteiger partial charge on any atom is -0.452 e. The van der Waals surface area contributed by atoms with Crippen molar-refractivity contribution in [3.8, 4) is 0 Å². The molecule has 126 valence electrons. The van der Waals surface area contributed by atoms with Crippen LogP contribution in [-0.4, -0.2) is 35.3 Å². The van der Waals surface area contributed by atoms with Gasteiger partial charge in [0.15, 0.2) is 6.61 Å². The first-order chi connectivity index (χ1) is 11.5. The van der Waals surface area contributed by atoms with Crippen molar-refractivity contribution in [1.29, 1.82) is 0 Å². The average Bonchev–Trinajstić information content (AvgIpc) is 2.85. The Kier molecular flexibility index (Phi) is 6.14. The van der Waals surface area contributed by atoms with Crippen LogP contribution < -0.4 is 5.32 Å². The lowest BCUT2D eigenvalue weighted by Gasteiger charge is -2.03. The Morgan fingerprint density at radius 1 is 1.33 bits per heavy atom. The summed E-state index contributed by atoms with van der Waals surface area (Å²) < 4.78 is 6.46. The summed E-state index contributed by atoms with van der Waals surface area (Å²) in [4.78, 5) is 22.6. The van der Waals surface area contributed by atoms with Gasteiger partial charge in [0.2, 0.25) is 0 Å². The highest BCUT2D eigenvalue weighted by Crippen LogP contribution is 2.22. The van der Waals surface area contributed by atoms with Crippen LogP contribution in [0.1, 0.15) is 16.8 Å². The third kappa shape index (κ3) is 4.70. The van der Waals surface area contributed by atoms with Crippen LogP contribution in [0.2, 0.25) is 5.15 Å². The number of nitrogens with zero attached hydrogens (tertiary/aromatic N) is 2. The van der Waals surface area contributed by atoms with Crippen molar-refractivity contribution in [2.24, 2.45) is 0 Å². The minimum atomic E-state index is -0.620. The van der Waals surface area contributed by atoms with E-state index in [1.807, 2.05) is 37.3 Å². The highest BCUT2D eigenvalue weighted by atomic mass is 35.5. The molecule has 0 saturated carbocycles. The molecule has 1 aromatic carbocycles. The molecular weight excluding hydrogens is 330 g/mol. The maximum Gasteiger partial charge on any atom is 0.331 e. The van der Waals surface area contributed by atoms with Gasteiger partial charge in [-0.05, 0) is 18.6 Å². The number of carbonyl (C=O) groups is 2. The van der Waals surface area contributed by atoms with Gasteiger partial charge in [0.05, 0.1) is 12.2 Å². The van der Waals surface area contributed by atoms with Gasteiger partial charge < -0.3 is 10.1 Å². The lowest BCUT2D eigenvalue weighted by molar-refractivity contribution is -0.143. The van der Waals surface area contributed by atoms with Crippen LogP contribution in [0.15, 0.2) is 36.4 Å². The maximum absolute atomic E-state index is 11.6. The van der Waals surface area contributed by atoms with Gasteiger partial charge in [0.1, 0.15) is 5.15 Å². The topological polar surface area (TPSA) is 73.2 Å². The zero-order chi connectivity index (χ0) is 17.5. The molecule has 24 heavy (non-hydrogen) atoms. The molecule has 0 radical (unpaired) electrons. The molecule has 0 saturated heterocycles. The summed E-state index contributed by atoms with van der Waals surface area (Å²) in [6, 6.07) is 9.81. The zero-order valence-electron chi connectivity index (χ0n) is 13.5. The fourth-order valence-electron chi connectivity index (χ4n) is 2.03. The van der Waals surface area contributed by atoms with E-state index >= 15 is 0 Å². The SMILES string of the molecule is CNC(=O)COC(=O)C=Cc1c(C)nn(Cc2ccccc2)c1Cl. The number of aromatic nitrogens is 2. The van der Waals surface area contributed by atoms with E-state index in [1.165, 1.54) is 13.1 Å². The molecule has 0 aliphatic heterocycles. The molecule has 0 aliphatic carbocycles. The molecule has 1 aromatic heterocycles. The first-order valence-electron chi connectivity index (χ1n) is 7.33. The number of ether oxygens (including phenoxy) is 1. The van der Waals surface area contributed by atoms with E-state index in [4.69, 9.17) is 16.3 Å². The quantitative estimate of drug-likeness (QED) is 0.642. The second kappa shape index (κ2) is 8.31. The highest BCUT2D eigenvalue weighted by Gasteiger charge is 2.12. The Labute approximate surface area is 145 Å². The van der Waals surface area contributed by atoms with Crippen LogP contribution in [0.25, 0.3) is 6.08 Å². The molecule has 7 heteroatoms. The number of benzene rings is 1. The number of aryl methyl sites for hydroxylation is 1. The largest absolute Gasteiger partial charge is 0.452 e. The molecule has 0 fully saturated rings. The van der Waals surface area contributed by atoms with Crippen molar-refractivity contribution in [1.82, 2.24) is 15.1 Å². The number of nitrogens with one attached hydrogen (secondary N) is 1. The van der Waals surface area contributed by atoms with Gasteiger partial charge in [-0.15, -0.1) is 0 Å². The van der Waals surface area contributed by atoms with Crippen LogP contribution in [-0.2, 0) is 20.9 Å². The maximum atomic E-state index is 11.6. The summed E-state index contributed by atoms with van der Waals surface area (Å²) >= 11 is 6.35.